The molecule has 1 saturated heterocycles. The number of piperidine rings is 1. The van der Waals surface area contributed by atoms with Gasteiger partial charge in [-0.05, 0) is 80.7 Å². The van der Waals surface area contributed by atoms with Gasteiger partial charge in [0.1, 0.15) is 10.5 Å². The Bertz CT molecular complexity index is 1290. The Hall–Kier alpha value is -1.59. The second-order valence-electron chi connectivity index (χ2n) is 9.70. The fourth-order valence-corrected chi connectivity index (χ4v) is 9.88. The number of thioether (sulfide) groups is 2. The number of hydrogen-bond donors (Lipinski definition) is 0. The van der Waals surface area contributed by atoms with Crippen molar-refractivity contribution in [2.75, 3.05) is 38.2 Å². The molecule has 10 heteroatoms. The van der Waals surface area contributed by atoms with Crippen LogP contribution in [-0.4, -0.2) is 66.4 Å². The molecule has 0 radical (unpaired) electrons. The van der Waals surface area contributed by atoms with Crippen molar-refractivity contribution in [2.45, 2.75) is 46.1 Å². The number of para-hydroxylation sites is 1. The van der Waals surface area contributed by atoms with Crippen molar-refractivity contribution >= 4 is 60.0 Å². The number of aromatic nitrogens is 1. The minimum Gasteiger partial charge on any atom is -0.494 e. The van der Waals surface area contributed by atoms with Crippen molar-refractivity contribution in [2.24, 2.45) is 5.92 Å². The zero-order valence-electron chi connectivity index (χ0n) is 20.9. The lowest BCUT2D eigenvalue weighted by Gasteiger charge is -2.39. The van der Waals surface area contributed by atoms with E-state index in [0.29, 0.717) is 38.3 Å². The summed E-state index contributed by atoms with van der Waals surface area (Å²) in [7, 11) is -3.82. The van der Waals surface area contributed by atoms with Crippen LogP contribution in [0.4, 0.5) is 0 Å². The van der Waals surface area contributed by atoms with Crippen molar-refractivity contribution in [1.82, 2.24) is 9.88 Å². The van der Waals surface area contributed by atoms with Crippen molar-refractivity contribution in [1.29, 1.82) is 0 Å². The fraction of sp³-hybridized carbons (Fsp3) is 0.481. The molecule has 2 fully saturated rings. The maximum atomic E-state index is 13.8. The van der Waals surface area contributed by atoms with E-state index in [1.165, 1.54) is 17.5 Å². The lowest BCUT2D eigenvalue weighted by Crippen LogP contribution is -2.53. The van der Waals surface area contributed by atoms with E-state index in [4.69, 9.17) is 4.74 Å². The topological polar surface area (TPSA) is 76.6 Å². The van der Waals surface area contributed by atoms with Crippen molar-refractivity contribution in [3.8, 4) is 5.75 Å². The standard InChI is InChI=1S/C27H32N2O4S4/c1-34-25(30)27(13-15-29(16-14-27)19-20-7-8-20)37(31,32)22-11-9-21(10-12-22)33-17-4-18-35-26-28-23-5-2-3-6-24(23)36-26/h2-3,5-6,9-12,20H,4,7-8,13-19H2,1H3. The molecule has 6 nitrogen and oxygen atoms in total. The van der Waals surface area contributed by atoms with Gasteiger partial charge < -0.3 is 9.64 Å². The van der Waals surface area contributed by atoms with Crippen LogP contribution in [0.5, 0.6) is 5.75 Å². The molecule has 0 atom stereocenters. The van der Waals surface area contributed by atoms with Crippen LogP contribution in [0.3, 0.4) is 0 Å². The average molecular weight is 577 g/mol. The minimum atomic E-state index is -3.82. The van der Waals surface area contributed by atoms with Gasteiger partial charge in [-0.1, -0.05) is 35.7 Å². The van der Waals surface area contributed by atoms with E-state index < -0.39 is 14.6 Å². The Morgan fingerprint density at radius 2 is 1.86 bits per heavy atom. The highest BCUT2D eigenvalue weighted by molar-refractivity contribution is 8.15. The number of hydrogen-bond acceptors (Lipinski definition) is 9. The summed E-state index contributed by atoms with van der Waals surface area (Å²) in [6, 6.07) is 14.7. The Morgan fingerprint density at radius 3 is 2.54 bits per heavy atom. The summed E-state index contributed by atoms with van der Waals surface area (Å²) in [6.45, 7) is 2.86. The number of fused-ring (bicyclic) bond motifs is 1. The first-order valence-corrected chi connectivity index (χ1v) is 17.2. The van der Waals surface area contributed by atoms with E-state index in [2.05, 4.69) is 16.0 Å². The maximum Gasteiger partial charge on any atom is 0.210 e. The van der Waals surface area contributed by atoms with E-state index in [1.807, 2.05) is 18.2 Å². The Morgan fingerprint density at radius 1 is 1.14 bits per heavy atom. The molecule has 3 aromatic rings. The van der Waals surface area contributed by atoms with Gasteiger partial charge in [0.05, 0.1) is 21.7 Å². The number of sulfone groups is 1. The molecule has 1 aromatic heterocycles. The third-order valence-corrected chi connectivity index (χ3v) is 12.8. The van der Waals surface area contributed by atoms with Gasteiger partial charge in [0.25, 0.3) is 0 Å². The van der Waals surface area contributed by atoms with Gasteiger partial charge in [-0.3, -0.25) is 4.79 Å². The molecular formula is C27H32N2O4S4. The third kappa shape index (κ3) is 6.03. The van der Waals surface area contributed by atoms with Gasteiger partial charge in [0.15, 0.2) is 14.2 Å². The molecule has 0 amide bonds. The summed E-state index contributed by atoms with van der Waals surface area (Å²) in [4.78, 5) is 20.2. The summed E-state index contributed by atoms with van der Waals surface area (Å²) in [5, 5.41) is -0.246. The van der Waals surface area contributed by atoms with E-state index in [-0.39, 0.29) is 10.0 Å². The molecule has 0 unspecified atom stereocenters. The summed E-state index contributed by atoms with van der Waals surface area (Å²) < 4.78 is 34.3. The molecule has 2 aliphatic rings. The molecule has 5 rings (SSSR count). The second kappa shape index (κ2) is 11.7. The molecule has 0 bridgehead atoms. The third-order valence-electron chi connectivity index (χ3n) is 7.14. The van der Waals surface area contributed by atoms with Crippen LogP contribution in [-0.2, 0) is 14.6 Å². The molecule has 37 heavy (non-hydrogen) atoms. The van der Waals surface area contributed by atoms with Crippen LogP contribution in [0.2, 0.25) is 0 Å². The van der Waals surface area contributed by atoms with Crippen LogP contribution in [0.25, 0.3) is 10.2 Å². The number of carbonyl (C=O) groups is 1. The molecule has 0 spiro atoms. The summed E-state index contributed by atoms with van der Waals surface area (Å²) in [5.41, 5.74) is 1.03. The van der Waals surface area contributed by atoms with Gasteiger partial charge in [-0.25, -0.2) is 13.4 Å². The Labute approximate surface area is 231 Å². The summed E-state index contributed by atoms with van der Waals surface area (Å²) in [6.07, 6.45) is 5.77. The van der Waals surface area contributed by atoms with Crippen molar-refractivity contribution in [3.63, 3.8) is 0 Å². The van der Waals surface area contributed by atoms with Crippen LogP contribution in [0.1, 0.15) is 32.1 Å². The van der Waals surface area contributed by atoms with Gasteiger partial charge in [-0.2, -0.15) is 0 Å². The Balaban J connectivity index is 1.16. The smallest absolute Gasteiger partial charge is 0.210 e. The van der Waals surface area contributed by atoms with E-state index in [1.54, 1.807) is 53.6 Å². The highest BCUT2D eigenvalue weighted by Crippen LogP contribution is 2.40. The molecule has 2 heterocycles. The van der Waals surface area contributed by atoms with Crippen molar-refractivity contribution < 1.29 is 17.9 Å². The number of rotatable bonds is 11. The highest BCUT2D eigenvalue weighted by Gasteiger charge is 2.52. The predicted molar refractivity (Wildman–Crippen MR) is 154 cm³/mol. The molecule has 1 aliphatic carbocycles. The van der Waals surface area contributed by atoms with Gasteiger partial charge in [0, 0.05) is 25.4 Å². The van der Waals surface area contributed by atoms with Crippen LogP contribution in [0, 0.1) is 5.92 Å². The molecular weight excluding hydrogens is 545 g/mol. The number of likely N-dealkylation sites (tertiary alicyclic amines) is 1. The predicted octanol–water partition coefficient (Wildman–Crippen LogP) is 5.77. The number of ether oxygens (including phenoxy) is 1. The van der Waals surface area contributed by atoms with Crippen LogP contribution in [0.15, 0.2) is 57.8 Å². The monoisotopic (exact) mass is 576 g/mol. The quantitative estimate of drug-likeness (QED) is 0.211. The first-order chi connectivity index (χ1) is 17.9. The Kier molecular flexibility index (Phi) is 8.50. The van der Waals surface area contributed by atoms with E-state index in [9.17, 15) is 13.2 Å². The highest BCUT2D eigenvalue weighted by atomic mass is 32.2. The zero-order chi connectivity index (χ0) is 25.9. The maximum absolute atomic E-state index is 13.8. The van der Waals surface area contributed by atoms with E-state index >= 15 is 0 Å². The zero-order valence-corrected chi connectivity index (χ0v) is 24.2. The summed E-state index contributed by atoms with van der Waals surface area (Å²) >= 11 is 4.46. The normalized spacial score (nSPS) is 18.2. The van der Waals surface area contributed by atoms with Gasteiger partial charge in [-0.15, -0.1) is 11.3 Å². The van der Waals surface area contributed by atoms with Crippen LogP contribution >= 0.6 is 34.9 Å². The number of nitrogens with zero attached hydrogens (tertiary/aromatic N) is 2. The number of thiazole rings is 1. The first-order valence-electron chi connectivity index (χ1n) is 12.7. The van der Waals surface area contributed by atoms with E-state index in [0.717, 1.165) is 46.3 Å². The molecule has 198 valence electrons. The van der Waals surface area contributed by atoms with Crippen LogP contribution < -0.4 is 4.74 Å². The van der Waals surface area contributed by atoms with Crippen molar-refractivity contribution in [3.05, 3.63) is 48.5 Å². The number of benzene rings is 2. The first kappa shape index (κ1) is 27.0. The molecule has 1 aliphatic heterocycles. The van der Waals surface area contributed by atoms with Gasteiger partial charge in [0.2, 0.25) is 5.12 Å². The largest absolute Gasteiger partial charge is 0.494 e. The van der Waals surface area contributed by atoms with Gasteiger partial charge >= 0.3 is 0 Å². The lowest BCUT2D eigenvalue weighted by atomic mass is 9.96. The molecule has 1 saturated carbocycles. The second-order valence-corrected chi connectivity index (χ2v) is 15.1. The number of carbonyl (C=O) groups excluding carboxylic acids is 1. The lowest BCUT2D eigenvalue weighted by molar-refractivity contribution is -0.114. The SMILES string of the molecule is CSC(=O)C1(S(=O)(=O)c2ccc(OCCCSc3nc4ccccc4s3)cc2)CCN(CC2CC2)CC1. The average Bonchev–Trinajstić information content (AvgIpc) is 3.64. The fourth-order valence-electron chi connectivity index (χ4n) is 4.79. The summed E-state index contributed by atoms with van der Waals surface area (Å²) in [5.74, 6) is 2.27. The molecule has 0 N–H and O–H groups in total. The molecule has 2 aromatic carbocycles. The minimum absolute atomic E-state index is 0.198.